The van der Waals surface area contributed by atoms with E-state index in [2.05, 4.69) is 14.8 Å². The zero-order valence-electron chi connectivity index (χ0n) is 10.8. The van der Waals surface area contributed by atoms with E-state index in [-0.39, 0.29) is 12.2 Å². The highest BCUT2D eigenvalue weighted by Crippen LogP contribution is 2.40. The van der Waals surface area contributed by atoms with E-state index in [0.29, 0.717) is 11.3 Å². The maximum absolute atomic E-state index is 12.0. The van der Waals surface area contributed by atoms with Crippen LogP contribution < -0.4 is 5.32 Å². The van der Waals surface area contributed by atoms with Gasteiger partial charge in [-0.1, -0.05) is 0 Å². The molecule has 1 aromatic rings. The first-order chi connectivity index (χ1) is 9.47. The predicted octanol–water partition coefficient (Wildman–Crippen LogP) is 0.604. The number of nitro groups is 1. The third kappa shape index (κ3) is 1.77. The number of ether oxygens (including phenoxy) is 2. The Morgan fingerprint density at radius 2 is 1.90 bits per heavy atom. The molecule has 0 saturated heterocycles. The van der Waals surface area contributed by atoms with Gasteiger partial charge in [0.2, 0.25) is 5.41 Å². The third-order valence-corrected chi connectivity index (χ3v) is 3.29. The van der Waals surface area contributed by atoms with Crippen molar-refractivity contribution in [2.75, 3.05) is 26.1 Å². The van der Waals surface area contributed by atoms with Crippen LogP contribution in [-0.2, 0) is 24.5 Å². The van der Waals surface area contributed by atoms with Gasteiger partial charge in [0, 0.05) is 29.9 Å². The summed E-state index contributed by atoms with van der Waals surface area (Å²) in [4.78, 5) is 34.2. The number of nitrogens with one attached hydrogen (secondary N) is 1. The zero-order valence-corrected chi connectivity index (χ0v) is 10.8. The molecule has 0 amide bonds. The smallest absolute Gasteiger partial charge is 0.329 e. The van der Waals surface area contributed by atoms with Crippen LogP contribution in [0.1, 0.15) is 5.56 Å². The van der Waals surface area contributed by atoms with E-state index < -0.39 is 22.3 Å². The molecular formula is C12H12N2O6. The van der Waals surface area contributed by atoms with Crippen molar-refractivity contribution >= 4 is 23.3 Å². The first-order valence-electron chi connectivity index (χ1n) is 5.67. The molecule has 0 fully saturated rings. The number of non-ortho nitro benzene ring substituents is 1. The van der Waals surface area contributed by atoms with Gasteiger partial charge in [0.25, 0.3) is 5.69 Å². The second-order valence-corrected chi connectivity index (χ2v) is 4.23. The second kappa shape index (κ2) is 4.80. The van der Waals surface area contributed by atoms with E-state index >= 15 is 0 Å². The molecule has 0 atom stereocenters. The summed E-state index contributed by atoms with van der Waals surface area (Å²) in [5.41, 5.74) is -1.12. The van der Waals surface area contributed by atoms with Gasteiger partial charge < -0.3 is 14.8 Å². The summed E-state index contributed by atoms with van der Waals surface area (Å²) in [6.07, 6.45) is 0. The molecule has 0 aromatic heterocycles. The lowest BCUT2D eigenvalue weighted by molar-refractivity contribution is -0.384. The lowest BCUT2D eigenvalue weighted by Gasteiger charge is -2.22. The number of nitrogens with zero attached hydrogens (tertiary/aromatic N) is 1. The van der Waals surface area contributed by atoms with Gasteiger partial charge in [-0.3, -0.25) is 19.7 Å². The van der Waals surface area contributed by atoms with E-state index in [9.17, 15) is 19.7 Å². The fraction of sp³-hybridized carbons (Fsp3) is 0.333. The molecule has 0 aliphatic carbocycles. The molecule has 0 radical (unpaired) electrons. The average Bonchev–Trinajstić information content (AvgIpc) is 2.85. The molecule has 106 valence electrons. The Morgan fingerprint density at radius 3 is 2.40 bits per heavy atom. The molecule has 0 spiro atoms. The Morgan fingerprint density at radius 1 is 1.30 bits per heavy atom. The number of carbonyl (C=O) groups is 2. The fourth-order valence-electron chi connectivity index (χ4n) is 2.28. The second-order valence-electron chi connectivity index (χ2n) is 4.23. The molecule has 2 rings (SSSR count). The maximum Gasteiger partial charge on any atom is 0.329 e. The first-order valence-corrected chi connectivity index (χ1v) is 5.67. The van der Waals surface area contributed by atoms with Crippen LogP contribution in [0.15, 0.2) is 18.2 Å². The standard InChI is InChI=1S/C12H12N2O6/c1-19-10(15)12(11(16)20-2)6-13-9-5-7(14(17)18)3-4-8(9)12/h3-5,13H,6H2,1-2H3. The Kier molecular flexibility index (Phi) is 3.31. The third-order valence-electron chi connectivity index (χ3n) is 3.29. The molecule has 1 aromatic carbocycles. The molecule has 20 heavy (non-hydrogen) atoms. The summed E-state index contributed by atoms with van der Waals surface area (Å²) in [7, 11) is 2.33. The lowest BCUT2D eigenvalue weighted by atomic mass is 9.82. The van der Waals surface area contributed by atoms with Crippen LogP contribution in [0.4, 0.5) is 11.4 Å². The number of methoxy groups -OCH3 is 2. The van der Waals surface area contributed by atoms with Crippen LogP contribution in [0, 0.1) is 10.1 Å². The number of benzene rings is 1. The average molecular weight is 280 g/mol. The molecule has 1 aliphatic heterocycles. The minimum atomic E-state index is -1.63. The number of carbonyl (C=O) groups excluding carboxylic acids is 2. The highest BCUT2D eigenvalue weighted by atomic mass is 16.6. The maximum atomic E-state index is 12.0. The van der Waals surface area contributed by atoms with Crippen molar-refractivity contribution in [2.45, 2.75) is 5.41 Å². The topological polar surface area (TPSA) is 108 Å². The Hall–Kier alpha value is -2.64. The number of fused-ring (bicyclic) bond motifs is 1. The van der Waals surface area contributed by atoms with Crippen molar-refractivity contribution in [1.29, 1.82) is 0 Å². The van der Waals surface area contributed by atoms with Crippen molar-refractivity contribution < 1.29 is 24.0 Å². The van der Waals surface area contributed by atoms with E-state index in [1.165, 1.54) is 18.2 Å². The zero-order chi connectivity index (χ0) is 14.9. The molecule has 8 nitrogen and oxygen atoms in total. The van der Waals surface area contributed by atoms with Gasteiger partial charge in [0.15, 0.2) is 0 Å². The number of anilines is 1. The van der Waals surface area contributed by atoms with Crippen LogP contribution in [0.2, 0.25) is 0 Å². The Labute approximate surface area is 113 Å². The molecule has 1 N–H and O–H groups in total. The van der Waals surface area contributed by atoms with Gasteiger partial charge in [-0.2, -0.15) is 0 Å². The molecule has 0 unspecified atom stereocenters. The Balaban J connectivity index is 2.59. The summed E-state index contributed by atoms with van der Waals surface area (Å²) >= 11 is 0. The first kappa shape index (κ1) is 13.8. The van der Waals surface area contributed by atoms with Gasteiger partial charge in [-0.15, -0.1) is 0 Å². The number of rotatable bonds is 3. The highest BCUT2D eigenvalue weighted by Gasteiger charge is 2.54. The molecule has 1 heterocycles. The van der Waals surface area contributed by atoms with E-state index in [0.717, 1.165) is 14.2 Å². The van der Waals surface area contributed by atoms with Crippen molar-refractivity contribution in [1.82, 2.24) is 0 Å². The van der Waals surface area contributed by atoms with Crippen LogP contribution in [0.5, 0.6) is 0 Å². The van der Waals surface area contributed by atoms with Crippen molar-refractivity contribution in [3.05, 3.63) is 33.9 Å². The van der Waals surface area contributed by atoms with Crippen molar-refractivity contribution in [3.8, 4) is 0 Å². The molecule has 1 aliphatic rings. The van der Waals surface area contributed by atoms with E-state index in [1.807, 2.05) is 0 Å². The van der Waals surface area contributed by atoms with Crippen LogP contribution in [0.3, 0.4) is 0 Å². The summed E-state index contributed by atoms with van der Waals surface area (Å²) < 4.78 is 9.36. The summed E-state index contributed by atoms with van der Waals surface area (Å²) in [5, 5.41) is 13.5. The molecular weight excluding hydrogens is 268 g/mol. The van der Waals surface area contributed by atoms with Gasteiger partial charge in [0.05, 0.1) is 19.1 Å². The van der Waals surface area contributed by atoms with E-state index in [1.54, 1.807) is 0 Å². The fourth-order valence-corrected chi connectivity index (χ4v) is 2.28. The van der Waals surface area contributed by atoms with Gasteiger partial charge in [0.1, 0.15) is 0 Å². The summed E-state index contributed by atoms with van der Waals surface area (Å²) in [6.45, 7) is -0.0666. The summed E-state index contributed by atoms with van der Waals surface area (Å²) in [6, 6.07) is 3.86. The van der Waals surface area contributed by atoms with Crippen molar-refractivity contribution in [2.24, 2.45) is 0 Å². The molecule has 0 bridgehead atoms. The van der Waals surface area contributed by atoms with Gasteiger partial charge >= 0.3 is 11.9 Å². The van der Waals surface area contributed by atoms with Gasteiger partial charge in [-0.25, -0.2) is 0 Å². The minimum Gasteiger partial charge on any atom is -0.468 e. The number of hydrogen-bond acceptors (Lipinski definition) is 7. The minimum absolute atomic E-state index is 0.0666. The monoisotopic (exact) mass is 280 g/mol. The molecule has 0 saturated carbocycles. The lowest BCUT2D eigenvalue weighted by Crippen LogP contribution is -2.47. The van der Waals surface area contributed by atoms with Crippen LogP contribution >= 0.6 is 0 Å². The number of nitro benzene ring substituents is 1. The predicted molar refractivity (Wildman–Crippen MR) is 67.3 cm³/mol. The SMILES string of the molecule is COC(=O)C1(C(=O)OC)CNc2cc([N+](=O)[O-])ccc21. The van der Waals surface area contributed by atoms with Crippen molar-refractivity contribution in [3.63, 3.8) is 0 Å². The van der Waals surface area contributed by atoms with Crippen LogP contribution in [-0.4, -0.2) is 37.6 Å². The Bertz CT molecular complexity index is 582. The van der Waals surface area contributed by atoms with Gasteiger partial charge in [-0.05, 0) is 6.07 Å². The highest BCUT2D eigenvalue weighted by molar-refractivity contribution is 6.09. The summed E-state index contributed by atoms with van der Waals surface area (Å²) in [5.74, 6) is -1.55. The van der Waals surface area contributed by atoms with E-state index in [4.69, 9.17) is 0 Å². The quantitative estimate of drug-likeness (QED) is 0.374. The normalized spacial score (nSPS) is 14.9. The number of hydrogen-bond donors (Lipinski definition) is 1. The van der Waals surface area contributed by atoms with Crippen LogP contribution in [0.25, 0.3) is 0 Å². The largest absolute Gasteiger partial charge is 0.468 e. The number of esters is 2. The molecule has 8 heteroatoms.